The molecule has 0 radical (unpaired) electrons. The number of aryl methyl sites for hydroxylation is 2. The fourth-order valence-electron chi connectivity index (χ4n) is 3.26. The Hall–Kier alpha value is -2.23. The number of hydrogen-bond donors (Lipinski definition) is 0. The second-order valence-electron chi connectivity index (χ2n) is 6.68. The molecule has 4 aromatic heterocycles. The van der Waals surface area contributed by atoms with Crippen LogP contribution in [0, 0.1) is 13.8 Å². The van der Waals surface area contributed by atoms with E-state index in [1.807, 2.05) is 24.4 Å². The van der Waals surface area contributed by atoms with Crippen LogP contribution in [0.4, 0.5) is 0 Å². The maximum atomic E-state index is 12.9. The lowest BCUT2D eigenvalue weighted by molar-refractivity contribution is 0.102. The first-order chi connectivity index (χ1) is 14.1. The lowest BCUT2D eigenvalue weighted by Gasteiger charge is -2.09. The van der Waals surface area contributed by atoms with E-state index in [1.54, 1.807) is 27.4 Å². The monoisotopic (exact) mass is 443 g/mol. The van der Waals surface area contributed by atoms with Crippen molar-refractivity contribution in [2.24, 2.45) is 0 Å². The third kappa shape index (κ3) is 4.68. The summed E-state index contributed by atoms with van der Waals surface area (Å²) in [5, 5.41) is 16.7. The van der Waals surface area contributed by atoms with E-state index in [9.17, 15) is 4.79 Å². The molecule has 0 atom stereocenters. The van der Waals surface area contributed by atoms with Gasteiger partial charge in [0, 0.05) is 33.3 Å². The van der Waals surface area contributed by atoms with Gasteiger partial charge in [-0.3, -0.25) is 4.79 Å². The Labute approximate surface area is 181 Å². The highest BCUT2D eigenvalue weighted by atomic mass is 32.2. The van der Waals surface area contributed by atoms with Gasteiger partial charge in [-0.15, -0.1) is 27.8 Å². The van der Waals surface area contributed by atoms with Crippen LogP contribution in [-0.2, 0) is 19.5 Å². The Kier molecular flexibility index (Phi) is 6.27. The second kappa shape index (κ2) is 9.06. The number of ketones is 1. The van der Waals surface area contributed by atoms with Crippen molar-refractivity contribution in [1.29, 1.82) is 0 Å². The predicted octanol–water partition coefficient (Wildman–Crippen LogP) is 4.48. The van der Waals surface area contributed by atoms with Gasteiger partial charge in [-0.2, -0.15) is 0 Å². The smallest absolute Gasteiger partial charge is 0.210 e. The van der Waals surface area contributed by atoms with E-state index in [2.05, 4.69) is 50.6 Å². The van der Waals surface area contributed by atoms with Crippen molar-refractivity contribution in [2.75, 3.05) is 5.75 Å². The predicted molar refractivity (Wildman–Crippen MR) is 118 cm³/mol. The largest absolute Gasteiger partial charge is 0.348 e. The molecule has 0 saturated carbocycles. The van der Waals surface area contributed by atoms with Crippen molar-refractivity contribution in [3.8, 4) is 0 Å². The fraction of sp³-hybridized carbons (Fsp3) is 0.300. The molecule has 4 rings (SSSR count). The number of tetrazole rings is 1. The SMILES string of the molecule is Cc1cc(C(=O)CSc2nnnn2Cc2cccs2)c(C)n1CCc1cccs1. The molecule has 9 heteroatoms. The highest BCUT2D eigenvalue weighted by Gasteiger charge is 2.18. The summed E-state index contributed by atoms with van der Waals surface area (Å²) in [7, 11) is 0. The van der Waals surface area contributed by atoms with Crippen LogP contribution in [0.5, 0.6) is 0 Å². The van der Waals surface area contributed by atoms with E-state index in [4.69, 9.17) is 0 Å². The Morgan fingerprint density at radius 2 is 1.90 bits per heavy atom. The molecule has 0 aliphatic carbocycles. The molecule has 6 nitrogen and oxygen atoms in total. The van der Waals surface area contributed by atoms with E-state index >= 15 is 0 Å². The summed E-state index contributed by atoms with van der Waals surface area (Å²) in [6, 6.07) is 10.3. The molecular weight excluding hydrogens is 422 g/mol. The van der Waals surface area contributed by atoms with E-state index in [1.165, 1.54) is 21.5 Å². The minimum atomic E-state index is 0.108. The molecule has 0 spiro atoms. The van der Waals surface area contributed by atoms with E-state index in [0.717, 1.165) is 29.9 Å². The van der Waals surface area contributed by atoms with Crippen molar-refractivity contribution < 1.29 is 4.79 Å². The molecule has 0 fully saturated rings. The van der Waals surface area contributed by atoms with Gasteiger partial charge < -0.3 is 4.57 Å². The van der Waals surface area contributed by atoms with Gasteiger partial charge in [-0.1, -0.05) is 23.9 Å². The summed E-state index contributed by atoms with van der Waals surface area (Å²) in [5.41, 5.74) is 2.94. The Morgan fingerprint density at radius 3 is 2.62 bits per heavy atom. The van der Waals surface area contributed by atoms with Crippen LogP contribution in [0.15, 0.2) is 46.2 Å². The highest BCUT2D eigenvalue weighted by molar-refractivity contribution is 7.99. The lowest BCUT2D eigenvalue weighted by atomic mass is 10.2. The van der Waals surface area contributed by atoms with Gasteiger partial charge >= 0.3 is 0 Å². The standard InChI is InChI=1S/C20H21N5OS3/c1-14-11-18(15(2)24(14)8-7-16-5-3-9-27-16)19(26)13-29-20-21-22-23-25(20)12-17-6-4-10-28-17/h3-6,9-11H,7-8,12-13H2,1-2H3. The van der Waals surface area contributed by atoms with Crippen molar-refractivity contribution in [3.63, 3.8) is 0 Å². The van der Waals surface area contributed by atoms with Gasteiger partial charge in [0.05, 0.1) is 12.3 Å². The van der Waals surface area contributed by atoms with Crippen molar-refractivity contribution in [3.05, 3.63) is 67.8 Å². The first-order valence-electron chi connectivity index (χ1n) is 9.25. The van der Waals surface area contributed by atoms with Crippen molar-refractivity contribution >= 4 is 40.2 Å². The molecule has 4 heterocycles. The van der Waals surface area contributed by atoms with Gasteiger partial charge in [-0.05, 0) is 59.7 Å². The normalized spacial score (nSPS) is 11.2. The number of nitrogens with zero attached hydrogens (tertiary/aromatic N) is 5. The Morgan fingerprint density at radius 1 is 1.14 bits per heavy atom. The zero-order chi connectivity index (χ0) is 20.2. The Bertz CT molecular complexity index is 1080. The molecule has 0 aromatic carbocycles. The number of hydrogen-bond acceptors (Lipinski definition) is 7. The summed E-state index contributed by atoms with van der Waals surface area (Å²) < 4.78 is 3.98. The first-order valence-corrected chi connectivity index (χ1v) is 12.0. The average Bonchev–Trinajstić information content (AvgIpc) is 3.49. The van der Waals surface area contributed by atoms with Gasteiger partial charge in [0.15, 0.2) is 5.78 Å². The first kappa shape index (κ1) is 20.1. The average molecular weight is 444 g/mol. The zero-order valence-electron chi connectivity index (χ0n) is 16.2. The lowest BCUT2D eigenvalue weighted by Crippen LogP contribution is -2.09. The number of thiophene rings is 2. The number of Topliss-reactive ketones (excluding diaryl/α,β-unsaturated/α-hetero) is 1. The highest BCUT2D eigenvalue weighted by Crippen LogP contribution is 2.22. The van der Waals surface area contributed by atoms with Crippen LogP contribution in [-0.4, -0.2) is 36.3 Å². The maximum Gasteiger partial charge on any atom is 0.210 e. The number of carbonyl (C=O) groups is 1. The summed E-state index contributed by atoms with van der Waals surface area (Å²) in [5.74, 6) is 0.427. The molecule has 4 aromatic rings. The number of thioether (sulfide) groups is 1. The fourth-order valence-corrected chi connectivity index (χ4v) is 5.41. The van der Waals surface area contributed by atoms with E-state index in [-0.39, 0.29) is 5.78 Å². The van der Waals surface area contributed by atoms with Gasteiger partial charge in [0.25, 0.3) is 0 Å². The minimum absolute atomic E-state index is 0.108. The molecule has 0 N–H and O–H groups in total. The quantitative estimate of drug-likeness (QED) is 0.282. The molecule has 0 aliphatic rings. The molecule has 150 valence electrons. The second-order valence-corrected chi connectivity index (χ2v) is 9.68. The minimum Gasteiger partial charge on any atom is -0.348 e. The van der Waals surface area contributed by atoms with Crippen molar-refractivity contribution in [2.45, 2.75) is 38.5 Å². The van der Waals surface area contributed by atoms with Crippen LogP contribution >= 0.6 is 34.4 Å². The molecule has 0 unspecified atom stereocenters. The van der Waals surface area contributed by atoms with E-state index in [0.29, 0.717) is 17.5 Å². The third-order valence-electron chi connectivity index (χ3n) is 4.75. The number of carbonyl (C=O) groups excluding carboxylic acids is 1. The molecule has 0 saturated heterocycles. The van der Waals surface area contributed by atoms with E-state index < -0.39 is 0 Å². The van der Waals surface area contributed by atoms with Crippen molar-refractivity contribution in [1.82, 2.24) is 24.8 Å². The summed E-state index contributed by atoms with van der Waals surface area (Å²) in [6.07, 6.45) is 0.980. The molecular formula is C20H21N5OS3. The molecule has 0 bridgehead atoms. The third-order valence-corrected chi connectivity index (χ3v) is 7.51. The van der Waals surface area contributed by atoms with Gasteiger partial charge in [-0.25, -0.2) is 4.68 Å². The van der Waals surface area contributed by atoms with Crippen LogP contribution in [0.2, 0.25) is 0 Å². The Balaban J connectivity index is 1.40. The molecule has 29 heavy (non-hydrogen) atoms. The summed E-state index contributed by atoms with van der Waals surface area (Å²) in [4.78, 5) is 15.4. The van der Waals surface area contributed by atoms with Crippen LogP contribution in [0.25, 0.3) is 0 Å². The van der Waals surface area contributed by atoms with Gasteiger partial charge in [0.1, 0.15) is 0 Å². The molecule has 0 amide bonds. The van der Waals surface area contributed by atoms with Crippen LogP contribution in [0.1, 0.15) is 31.5 Å². The number of aromatic nitrogens is 5. The van der Waals surface area contributed by atoms with Crippen LogP contribution < -0.4 is 0 Å². The van der Waals surface area contributed by atoms with Crippen LogP contribution in [0.3, 0.4) is 0 Å². The van der Waals surface area contributed by atoms with Gasteiger partial charge in [0.2, 0.25) is 5.16 Å². The maximum absolute atomic E-state index is 12.9. The number of rotatable bonds is 9. The summed E-state index contributed by atoms with van der Waals surface area (Å²) >= 11 is 4.83. The zero-order valence-corrected chi connectivity index (χ0v) is 18.7. The topological polar surface area (TPSA) is 65.6 Å². The summed E-state index contributed by atoms with van der Waals surface area (Å²) in [6.45, 7) is 5.60. The molecule has 0 aliphatic heterocycles.